The van der Waals surface area contributed by atoms with Crippen LogP contribution in [-0.4, -0.2) is 15.0 Å². The molecule has 0 atom stereocenters. The second-order valence-electron chi connectivity index (χ2n) is 3.83. The molecule has 9 heteroatoms. The number of nitrogens with one attached hydrogen (secondary N) is 1. The molecule has 0 fully saturated rings. The predicted octanol–water partition coefficient (Wildman–Crippen LogP) is 3.78. The van der Waals surface area contributed by atoms with Crippen LogP contribution in [0.3, 0.4) is 0 Å². The molecule has 108 valence electrons. The summed E-state index contributed by atoms with van der Waals surface area (Å²) in [5.74, 6) is 0.0190. The van der Waals surface area contributed by atoms with Gasteiger partial charge in [0.1, 0.15) is 10.8 Å². The molecule has 0 aromatic carbocycles. The number of hydrogen-bond donors (Lipinski definition) is 1. The lowest BCUT2D eigenvalue weighted by Gasteiger charge is -2.08. The Labute approximate surface area is 122 Å². The zero-order valence-electron chi connectivity index (χ0n) is 10.3. The first-order chi connectivity index (χ1) is 9.38. The Morgan fingerprint density at radius 2 is 2.10 bits per heavy atom. The minimum Gasteiger partial charge on any atom is -0.363 e. The maximum atomic E-state index is 12.6. The third-order valence-electron chi connectivity index (χ3n) is 2.36. The molecule has 0 spiro atoms. The van der Waals surface area contributed by atoms with Crippen molar-refractivity contribution in [3.63, 3.8) is 0 Å². The van der Waals surface area contributed by atoms with E-state index in [1.165, 1.54) is 11.3 Å². The van der Waals surface area contributed by atoms with Gasteiger partial charge in [0.2, 0.25) is 5.28 Å². The van der Waals surface area contributed by atoms with E-state index in [0.29, 0.717) is 0 Å². The van der Waals surface area contributed by atoms with E-state index in [1.807, 2.05) is 6.92 Å². The van der Waals surface area contributed by atoms with Crippen LogP contribution >= 0.6 is 22.9 Å². The van der Waals surface area contributed by atoms with Crippen LogP contribution in [0.1, 0.15) is 22.5 Å². The van der Waals surface area contributed by atoms with Crippen LogP contribution in [0.2, 0.25) is 5.28 Å². The SMILES string of the molecule is CCc1cnc(CNc2cc(C(F)(F)F)nc(Cl)n2)s1. The molecule has 20 heavy (non-hydrogen) atoms. The van der Waals surface area contributed by atoms with Gasteiger partial charge in [0.25, 0.3) is 0 Å². The molecule has 1 N–H and O–H groups in total. The molecule has 2 rings (SSSR count). The lowest BCUT2D eigenvalue weighted by atomic mass is 10.4. The van der Waals surface area contributed by atoms with Gasteiger partial charge in [-0.3, -0.25) is 0 Å². The number of aromatic nitrogens is 3. The van der Waals surface area contributed by atoms with Gasteiger partial charge in [0.05, 0.1) is 6.54 Å². The molecule has 0 unspecified atom stereocenters. The molecule has 0 radical (unpaired) electrons. The Morgan fingerprint density at radius 1 is 1.35 bits per heavy atom. The molecule has 0 saturated carbocycles. The normalized spacial score (nSPS) is 11.7. The van der Waals surface area contributed by atoms with E-state index >= 15 is 0 Å². The fourth-order valence-corrected chi connectivity index (χ4v) is 2.40. The van der Waals surface area contributed by atoms with E-state index in [0.717, 1.165) is 22.4 Å². The maximum absolute atomic E-state index is 12.6. The number of anilines is 1. The van der Waals surface area contributed by atoms with Gasteiger partial charge < -0.3 is 5.32 Å². The highest BCUT2D eigenvalue weighted by Crippen LogP contribution is 2.29. The average Bonchev–Trinajstić information content (AvgIpc) is 2.82. The summed E-state index contributed by atoms with van der Waals surface area (Å²) in [6.45, 7) is 2.29. The molecule has 0 amide bonds. The second-order valence-corrected chi connectivity index (χ2v) is 5.37. The van der Waals surface area contributed by atoms with Crippen LogP contribution in [0.5, 0.6) is 0 Å². The third kappa shape index (κ3) is 3.80. The minimum absolute atomic E-state index is 0.0190. The van der Waals surface area contributed by atoms with Crippen LogP contribution in [0.15, 0.2) is 12.3 Å². The first kappa shape index (κ1) is 15.0. The lowest BCUT2D eigenvalue weighted by molar-refractivity contribution is -0.141. The van der Waals surface area contributed by atoms with Crippen molar-refractivity contribution in [3.8, 4) is 0 Å². The van der Waals surface area contributed by atoms with Crippen molar-refractivity contribution >= 4 is 28.8 Å². The van der Waals surface area contributed by atoms with E-state index in [2.05, 4.69) is 20.3 Å². The molecule has 2 aromatic heterocycles. The van der Waals surface area contributed by atoms with Crippen LogP contribution < -0.4 is 5.32 Å². The molecule has 4 nitrogen and oxygen atoms in total. The number of thiazole rings is 1. The van der Waals surface area contributed by atoms with Gasteiger partial charge in [-0.25, -0.2) is 15.0 Å². The summed E-state index contributed by atoms with van der Waals surface area (Å²) < 4.78 is 37.7. The highest BCUT2D eigenvalue weighted by molar-refractivity contribution is 7.11. The molecular formula is C11H10ClF3N4S. The summed E-state index contributed by atoms with van der Waals surface area (Å²) in [4.78, 5) is 12.1. The van der Waals surface area contributed by atoms with Crippen LogP contribution in [0, 0.1) is 0 Å². The number of hydrogen-bond acceptors (Lipinski definition) is 5. The van der Waals surface area contributed by atoms with Gasteiger partial charge in [0, 0.05) is 17.1 Å². The molecule has 0 aliphatic carbocycles. The molecule has 0 aliphatic rings. The molecule has 0 aliphatic heterocycles. The largest absolute Gasteiger partial charge is 0.433 e. The summed E-state index contributed by atoms with van der Waals surface area (Å²) in [5.41, 5.74) is -1.08. The van der Waals surface area contributed by atoms with Crippen LogP contribution in [-0.2, 0) is 19.1 Å². The van der Waals surface area contributed by atoms with E-state index in [-0.39, 0.29) is 12.4 Å². The molecule has 0 bridgehead atoms. The van der Waals surface area contributed by atoms with Gasteiger partial charge in [-0.15, -0.1) is 11.3 Å². The summed E-state index contributed by atoms with van der Waals surface area (Å²) in [7, 11) is 0. The third-order valence-corrected chi connectivity index (χ3v) is 3.67. The smallest absolute Gasteiger partial charge is 0.363 e. The van der Waals surface area contributed by atoms with Crippen molar-refractivity contribution in [2.24, 2.45) is 0 Å². The monoisotopic (exact) mass is 322 g/mol. The van der Waals surface area contributed by atoms with Gasteiger partial charge in [-0.05, 0) is 18.0 Å². The average molecular weight is 323 g/mol. The van der Waals surface area contributed by atoms with Crippen molar-refractivity contribution in [3.05, 3.63) is 33.1 Å². The Bertz CT molecular complexity index is 600. The van der Waals surface area contributed by atoms with E-state index in [9.17, 15) is 13.2 Å². The minimum atomic E-state index is -4.56. The Morgan fingerprint density at radius 3 is 2.70 bits per heavy atom. The first-order valence-corrected chi connectivity index (χ1v) is 6.87. The fraction of sp³-hybridized carbons (Fsp3) is 0.364. The second kappa shape index (κ2) is 5.92. The summed E-state index contributed by atoms with van der Waals surface area (Å²) >= 11 is 6.98. The topological polar surface area (TPSA) is 50.7 Å². The maximum Gasteiger partial charge on any atom is 0.433 e. The Hall–Kier alpha value is -1.41. The van der Waals surface area contributed by atoms with Crippen molar-refractivity contribution < 1.29 is 13.2 Å². The van der Waals surface area contributed by atoms with Gasteiger partial charge in [0.15, 0.2) is 5.69 Å². The summed E-state index contributed by atoms with van der Waals surface area (Å²) in [6.07, 6.45) is -1.94. The Kier molecular flexibility index (Phi) is 4.44. The van der Waals surface area contributed by atoms with Crippen molar-refractivity contribution in [1.29, 1.82) is 0 Å². The summed E-state index contributed by atoms with van der Waals surface area (Å²) in [6, 6.07) is 0.820. The highest BCUT2D eigenvalue weighted by Gasteiger charge is 2.33. The zero-order chi connectivity index (χ0) is 14.8. The number of halogens is 4. The first-order valence-electron chi connectivity index (χ1n) is 5.67. The van der Waals surface area contributed by atoms with Crippen molar-refractivity contribution in [2.75, 3.05) is 5.32 Å². The number of rotatable bonds is 4. The number of nitrogens with zero attached hydrogens (tertiary/aromatic N) is 3. The fourth-order valence-electron chi connectivity index (χ4n) is 1.41. The number of alkyl halides is 3. The Balaban J connectivity index is 2.11. The van der Waals surface area contributed by atoms with E-state index in [4.69, 9.17) is 11.6 Å². The molecular weight excluding hydrogens is 313 g/mol. The van der Waals surface area contributed by atoms with Crippen LogP contribution in [0.4, 0.5) is 19.0 Å². The zero-order valence-corrected chi connectivity index (χ0v) is 11.9. The van der Waals surface area contributed by atoms with Crippen molar-refractivity contribution in [1.82, 2.24) is 15.0 Å². The van der Waals surface area contributed by atoms with Crippen molar-refractivity contribution in [2.45, 2.75) is 26.1 Å². The highest BCUT2D eigenvalue weighted by atomic mass is 35.5. The van der Waals surface area contributed by atoms with E-state index in [1.54, 1.807) is 6.20 Å². The van der Waals surface area contributed by atoms with Gasteiger partial charge >= 0.3 is 6.18 Å². The van der Waals surface area contributed by atoms with Crippen LogP contribution in [0.25, 0.3) is 0 Å². The predicted molar refractivity (Wildman–Crippen MR) is 70.9 cm³/mol. The quantitative estimate of drug-likeness (QED) is 0.870. The van der Waals surface area contributed by atoms with Gasteiger partial charge in [-0.2, -0.15) is 13.2 Å². The molecule has 2 heterocycles. The molecule has 0 saturated heterocycles. The molecule has 2 aromatic rings. The summed E-state index contributed by atoms with van der Waals surface area (Å²) in [5, 5.41) is 3.08. The lowest BCUT2D eigenvalue weighted by Crippen LogP contribution is -2.11. The van der Waals surface area contributed by atoms with Gasteiger partial charge in [-0.1, -0.05) is 6.92 Å². The number of aryl methyl sites for hydroxylation is 1. The standard InChI is InChI=1S/C11H10ClF3N4S/c1-2-6-4-17-9(20-6)5-16-8-3-7(11(13,14)15)18-10(12)19-8/h3-4H,2,5H2,1H3,(H,16,18,19). The van der Waals surface area contributed by atoms with E-state index < -0.39 is 17.2 Å².